The van der Waals surface area contributed by atoms with Crippen molar-refractivity contribution >= 4 is 29.1 Å². The molecule has 11 nitrogen and oxygen atoms in total. The third-order valence-electron chi connectivity index (χ3n) is 9.44. The van der Waals surface area contributed by atoms with Gasteiger partial charge in [-0.1, -0.05) is 30.5 Å². The molecule has 0 unspecified atom stereocenters. The van der Waals surface area contributed by atoms with Crippen LogP contribution in [0.25, 0.3) is 11.3 Å². The predicted molar refractivity (Wildman–Crippen MR) is 174 cm³/mol. The Morgan fingerprint density at radius 2 is 1.80 bits per heavy atom. The number of hydrogen-bond acceptors (Lipinski definition) is 9. The summed E-state index contributed by atoms with van der Waals surface area (Å²) < 4.78 is 81.9. The summed E-state index contributed by atoms with van der Waals surface area (Å²) in [4.78, 5) is 37.2. The number of carbonyl (C=O) groups excluding carboxylic acids is 2. The topological polar surface area (TPSA) is 120 Å². The van der Waals surface area contributed by atoms with Gasteiger partial charge in [0.1, 0.15) is 30.0 Å². The molecule has 0 atom stereocenters. The van der Waals surface area contributed by atoms with Crippen molar-refractivity contribution < 1.29 is 46.1 Å². The fraction of sp³-hybridized carbons (Fsp3) is 0.412. The van der Waals surface area contributed by atoms with Crippen LogP contribution in [0.4, 0.5) is 27.6 Å². The van der Waals surface area contributed by atoms with E-state index in [4.69, 9.17) is 21.1 Å². The van der Waals surface area contributed by atoms with E-state index in [-0.39, 0.29) is 39.9 Å². The average molecular weight is 737 g/mol. The van der Waals surface area contributed by atoms with Crippen LogP contribution in [-0.4, -0.2) is 93.8 Å². The largest absolute Gasteiger partial charge is 0.509 e. The molecule has 1 saturated carbocycles. The second-order valence-electron chi connectivity index (χ2n) is 12.4. The summed E-state index contributed by atoms with van der Waals surface area (Å²) >= 11 is 6.15. The molecular weight excluding hydrogens is 703 g/mol. The lowest BCUT2D eigenvalue weighted by Crippen LogP contribution is -2.62. The van der Waals surface area contributed by atoms with Crippen molar-refractivity contribution in [3.05, 3.63) is 82.0 Å². The third kappa shape index (κ3) is 7.36. The first-order chi connectivity index (χ1) is 24.3. The summed E-state index contributed by atoms with van der Waals surface area (Å²) in [5.74, 6) is -5.36. The van der Waals surface area contributed by atoms with E-state index in [0.29, 0.717) is 70.9 Å². The molecule has 1 aliphatic carbocycles. The number of anilines is 1. The summed E-state index contributed by atoms with van der Waals surface area (Å²) in [6.45, 7) is 2.68. The molecule has 0 radical (unpaired) electrons. The van der Waals surface area contributed by atoms with Crippen LogP contribution >= 0.6 is 11.6 Å². The minimum absolute atomic E-state index is 0.0125. The Bertz CT molecular complexity index is 1850. The quantitative estimate of drug-likeness (QED) is 0.209. The number of nitrogens with one attached hydrogen (secondary N) is 1. The fourth-order valence-corrected chi connectivity index (χ4v) is 6.82. The number of ether oxygens (including phenoxy) is 2. The number of rotatable bonds is 9. The highest BCUT2D eigenvalue weighted by molar-refractivity contribution is 6.31. The van der Waals surface area contributed by atoms with Gasteiger partial charge in [-0.15, -0.1) is 0 Å². The van der Waals surface area contributed by atoms with Crippen LogP contribution in [0, 0.1) is 11.6 Å². The molecule has 17 heteroatoms. The van der Waals surface area contributed by atoms with Crippen molar-refractivity contribution in [1.82, 2.24) is 24.9 Å². The lowest BCUT2D eigenvalue weighted by atomic mass is 9.88. The summed E-state index contributed by atoms with van der Waals surface area (Å²) in [6, 6.07) is 7.21. The molecule has 51 heavy (non-hydrogen) atoms. The molecule has 2 N–H and O–H groups in total. The number of aliphatic hydroxyl groups is 1. The van der Waals surface area contributed by atoms with Gasteiger partial charge in [0.15, 0.2) is 11.6 Å². The van der Waals surface area contributed by atoms with Crippen molar-refractivity contribution in [2.75, 3.05) is 51.8 Å². The maximum absolute atomic E-state index is 15.5. The SMILES string of the molecule is CN1N(Cc2ccc(OCCN3CCOCC3)c(F)c2F)C(=O)C(C(=O)Nc2ccc(Cl)cc2-c2cc(C(F)(F)F)ncn2)=C(O)C12CCCC2. The lowest BCUT2D eigenvalue weighted by molar-refractivity contribution is -0.163. The Labute approximate surface area is 294 Å². The number of amides is 2. The number of carbonyl (C=O) groups is 2. The van der Waals surface area contributed by atoms with Gasteiger partial charge in [-0.3, -0.25) is 19.5 Å². The Kier molecular flexibility index (Phi) is 10.5. The molecule has 3 heterocycles. The highest BCUT2D eigenvalue weighted by atomic mass is 35.5. The molecule has 6 rings (SSSR count). The van der Waals surface area contributed by atoms with E-state index in [0.717, 1.165) is 5.01 Å². The van der Waals surface area contributed by atoms with Crippen molar-refractivity contribution in [1.29, 1.82) is 0 Å². The van der Waals surface area contributed by atoms with Gasteiger partial charge < -0.3 is 19.9 Å². The smallest absolute Gasteiger partial charge is 0.433 e. The van der Waals surface area contributed by atoms with Gasteiger partial charge >= 0.3 is 6.18 Å². The Morgan fingerprint density at radius 3 is 2.51 bits per heavy atom. The number of halogens is 6. The van der Waals surface area contributed by atoms with E-state index in [2.05, 4.69) is 20.2 Å². The Balaban J connectivity index is 1.27. The monoisotopic (exact) mass is 736 g/mol. The number of likely N-dealkylation sites (N-methyl/N-ethyl adjacent to an activating group) is 1. The van der Waals surface area contributed by atoms with Gasteiger partial charge in [-0.2, -0.15) is 17.6 Å². The molecule has 3 aliphatic rings. The van der Waals surface area contributed by atoms with Crippen LogP contribution in [0.3, 0.4) is 0 Å². The van der Waals surface area contributed by atoms with E-state index in [1.54, 1.807) is 0 Å². The molecule has 1 saturated heterocycles. The zero-order chi connectivity index (χ0) is 36.5. The first-order valence-electron chi connectivity index (χ1n) is 16.2. The minimum Gasteiger partial charge on any atom is -0.509 e. The van der Waals surface area contributed by atoms with E-state index >= 15 is 8.78 Å². The standard InChI is InChI=1S/C34H34ClF5N6O5/c1-44-33(8-2-3-9-33)30(47)27(31(48)43-23-6-5-21(35)16-22(23)24-17-26(34(38,39)40)42-19-41-24)32(49)46(44)18-20-4-7-25(29(37)28(20)36)51-15-12-45-10-13-50-14-11-45/h4-7,16-17,19,47H,2-3,8-15,18H2,1H3,(H,43,48). The highest BCUT2D eigenvalue weighted by Crippen LogP contribution is 2.45. The maximum Gasteiger partial charge on any atom is 0.433 e. The van der Waals surface area contributed by atoms with Gasteiger partial charge in [0, 0.05) is 42.8 Å². The van der Waals surface area contributed by atoms with E-state index in [1.807, 2.05) is 0 Å². The summed E-state index contributed by atoms with van der Waals surface area (Å²) in [5.41, 5.74) is -3.59. The number of aliphatic hydroxyl groups excluding tert-OH is 1. The van der Waals surface area contributed by atoms with Crippen LogP contribution < -0.4 is 10.1 Å². The molecule has 3 aromatic rings. The normalized spacial score (nSPS) is 18.5. The number of nitrogens with zero attached hydrogens (tertiary/aromatic N) is 5. The van der Waals surface area contributed by atoms with Crippen molar-refractivity contribution in [3.8, 4) is 17.0 Å². The Hall–Kier alpha value is -4.38. The second-order valence-corrected chi connectivity index (χ2v) is 12.9. The van der Waals surface area contributed by atoms with Gasteiger partial charge in [-0.25, -0.2) is 19.4 Å². The van der Waals surface area contributed by atoms with Gasteiger partial charge in [0.25, 0.3) is 11.8 Å². The molecule has 1 aromatic heterocycles. The number of aromatic nitrogens is 2. The molecule has 1 spiro atoms. The van der Waals surface area contributed by atoms with Crippen LogP contribution in [0.2, 0.25) is 5.02 Å². The van der Waals surface area contributed by atoms with Crippen LogP contribution in [0.15, 0.2) is 54.1 Å². The third-order valence-corrected chi connectivity index (χ3v) is 9.68. The number of alkyl halides is 3. The number of morpholine rings is 1. The van der Waals surface area contributed by atoms with Crippen molar-refractivity contribution in [3.63, 3.8) is 0 Å². The molecule has 0 bridgehead atoms. The number of hydrazine groups is 1. The molecule has 272 valence electrons. The zero-order valence-corrected chi connectivity index (χ0v) is 28.2. The molecule has 2 aliphatic heterocycles. The highest BCUT2D eigenvalue weighted by Gasteiger charge is 2.53. The van der Waals surface area contributed by atoms with Gasteiger partial charge in [0.2, 0.25) is 5.82 Å². The zero-order valence-electron chi connectivity index (χ0n) is 27.4. The van der Waals surface area contributed by atoms with E-state index < -0.39 is 58.7 Å². The van der Waals surface area contributed by atoms with Gasteiger partial charge in [-0.05, 0) is 43.2 Å². The number of benzene rings is 2. The summed E-state index contributed by atoms with van der Waals surface area (Å²) in [7, 11) is 1.52. The van der Waals surface area contributed by atoms with E-state index in [1.165, 1.54) is 42.4 Å². The van der Waals surface area contributed by atoms with Gasteiger partial charge in [0.05, 0.1) is 36.7 Å². The van der Waals surface area contributed by atoms with Crippen LogP contribution in [0.1, 0.15) is 36.9 Å². The van der Waals surface area contributed by atoms with Crippen LogP contribution in [0.5, 0.6) is 5.75 Å². The molecule has 2 fully saturated rings. The predicted octanol–water partition coefficient (Wildman–Crippen LogP) is 5.76. The van der Waals surface area contributed by atoms with Crippen molar-refractivity contribution in [2.24, 2.45) is 0 Å². The van der Waals surface area contributed by atoms with E-state index in [9.17, 15) is 27.9 Å². The molecule has 2 aromatic carbocycles. The number of hydrogen-bond donors (Lipinski definition) is 2. The van der Waals surface area contributed by atoms with Crippen molar-refractivity contribution in [2.45, 2.75) is 43.9 Å². The summed E-state index contributed by atoms with van der Waals surface area (Å²) in [5, 5.41) is 16.7. The molecular formula is C34H34ClF5N6O5. The fourth-order valence-electron chi connectivity index (χ4n) is 6.64. The minimum atomic E-state index is -4.78. The first kappa shape index (κ1) is 36.4. The maximum atomic E-state index is 15.5. The second kappa shape index (κ2) is 14.7. The van der Waals surface area contributed by atoms with Crippen LogP contribution in [-0.2, 0) is 27.0 Å². The summed E-state index contributed by atoms with van der Waals surface area (Å²) in [6.07, 6.45) is -2.10. The average Bonchev–Trinajstić information content (AvgIpc) is 3.61. The first-order valence-corrected chi connectivity index (χ1v) is 16.6. The Morgan fingerprint density at radius 1 is 1.08 bits per heavy atom. The molecule has 2 amide bonds. The lowest BCUT2D eigenvalue weighted by Gasteiger charge is -2.48.